The molecule has 0 aromatic heterocycles. The van der Waals surface area contributed by atoms with Gasteiger partial charge in [-0.3, -0.25) is 0 Å². The first-order valence-corrected chi connectivity index (χ1v) is 6.82. The predicted molar refractivity (Wildman–Crippen MR) is 77.7 cm³/mol. The van der Waals surface area contributed by atoms with Crippen molar-refractivity contribution in [2.24, 2.45) is 0 Å². The maximum atomic E-state index is 13.1. The average molecular weight is 295 g/mol. The van der Waals surface area contributed by atoms with Crippen LogP contribution in [0.1, 0.15) is 24.2 Å². The number of hydrogen-bond donors (Lipinski definition) is 1. The zero-order chi connectivity index (χ0) is 14.5. The molecule has 0 radical (unpaired) electrons. The summed E-state index contributed by atoms with van der Waals surface area (Å²) in [5.41, 5.74) is 1.58. The summed E-state index contributed by atoms with van der Waals surface area (Å²) in [4.78, 5) is 0. The lowest BCUT2D eigenvalue weighted by molar-refractivity contribution is 0.178. The minimum Gasteiger partial charge on any atom is -0.494 e. The van der Waals surface area contributed by atoms with Crippen LogP contribution in [0.25, 0.3) is 0 Å². The molecule has 0 aliphatic heterocycles. The molecular weight excluding hydrogens is 279 g/mol. The normalized spacial score (nSPS) is 12.2. The van der Waals surface area contributed by atoms with Gasteiger partial charge in [-0.2, -0.15) is 0 Å². The summed E-state index contributed by atoms with van der Waals surface area (Å²) >= 11 is 5.73. The van der Waals surface area contributed by atoms with E-state index in [-0.39, 0.29) is 5.02 Å². The van der Waals surface area contributed by atoms with Gasteiger partial charge in [-0.15, -0.1) is 0 Å². The molecule has 0 heterocycles. The SMILES string of the molecule is CCOc1ccc(C(O)Cc2ccc(F)c(Cl)c2)cc1. The molecule has 0 saturated carbocycles. The second-order valence-electron chi connectivity index (χ2n) is 4.47. The van der Waals surface area contributed by atoms with Gasteiger partial charge < -0.3 is 9.84 Å². The van der Waals surface area contributed by atoms with Crippen LogP contribution in [0, 0.1) is 5.82 Å². The lowest BCUT2D eigenvalue weighted by Crippen LogP contribution is -2.02. The fraction of sp³-hybridized carbons (Fsp3) is 0.250. The third kappa shape index (κ3) is 3.71. The third-order valence-electron chi connectivity index (χ3n) is 2.99. The van der Waals surface area contributed by atoms with E-state index in [0.29, 0.717) is 13.0 Å². The van der Waals surface area contributed by atoms with Gasteiger partial charge in [0.25, 0.3) is 0 Å². The third-order valence-corrected chi connectivity index (χ3v) is 3.28. The van der Waals surface area contributed by atoms with Gasteiger partial charge in [0.1, 0.15) is 11.6 Å². The second kappa shape index (κ2) is 6.73. The fourth-order valence-electron chi connectivity index (χ4n) is 1.96. The van der Waals surface area contributed by atoms with Gasteiger partial charge in [0.05, 0.1) is 17.7 Å². The van der Waals surface area contributed by atoms with Gasteiger partial charge in [-0.25, -0.2) is 4.39 Å². The molecule has 2 rings (SSSR count). The zero-order valence-corrected chi connectivity index (χ0v) is 11.9. The highest BCUT2D eigenvalue weighted by atomic mass is 35.5. The molecule has 106 valence electrons. The first-order valence-electron chi connectivity index (χ1n) is 6.45. The van der Waals surface area contributed by atoms with Crippen LogP contribution in [0.5, 0.6) is 5.75 Å². The van der Waals surface area contributed by atoms with E-state index in [1.807, 2.05) is 31.2 Å². The van der Waals surface area contributed by atoms with Crippen LogP contribution in [-0.4, -0.2) is 11.7 Å². The summed E-state index contributed by atoms with van der Waals surface area (Å²) < 4.78 is 18.4. The number of hydrogen-bond acceptors (Lipinski definition) is 2. The highest BCUT2D eigenvalue weighted by Gasteiger charge is 2.10. The van der Waals surface area contributed by atoms with Crippen LogP contribution in [0.15, 0.2) is 42.5 Å². The van der Waals surface area contributed by atoms with E-state index in [1.54, 1.807) is 6.07 Å². The number of ether oxygens (including phenoxy) is 1. The molecule has 0 amide bonds. The van der Waals surface area contributed by atoms with Crippen molar-refractivity contribution in [3.63, 3.8) is 0 Å². The predicted octanol–water partition coefficient (Wildman–Crippen LogP) is 4.15. The highest BCUT2D eigenvalue weighted by molar-refractivity contribution is 6.30. The smallest absolute Gasteiger partial charge is 0.141 e. The van der Waals surface area contributed by atoms with Crippen molar-refractivity contribution in [3.8, 4) is 5.75 Å². The molecule has 2 aromatic carbocycles. The van der Waals surface area contributed by atoms with Crippen molar-refractivity contribution in [2.75, 3.05) is 6.61 Å². The Morgan fingerprint density at radius 2 is 1.90 bits per heavy atom. The van der Waals surface area contributed by atoms with Crippen molar-refractivity contribution < 1.29 is 14.2 Å². The van der Waals surface area contributed by atoms with E-state index in [9.17, 15) is 9.50 Å². The van der Waals surface area contributed by atoms with Gasteiger partial charge in [-0.05, 0) is 42.3 Å². The summed E-state index contributed by atoms with van der Waals surface area (Å²) in [5, 5.41) is 10.2. The lowest BCUT2D eigenvalue weighted by atomic mass is 10.0. The molecule has 0 fully saturated rings. The summed E-state index contributed by atoms with van der Waals surface area (Å²) in [6, 6.07) is 11.7. The van der Waals surface area contributed by atoms with Gasteiger partial charge in [0.15, 0.2) is 0 Å². The van der Waals surface area contributed by atoms with Crippen LogP contribution < -0.4 is 4.74 Å². The van der Waals surface area contributed by atoms with Crippen LogP contribution in [-0.2, 0) is 6.42 Å². The van der Waals surface area contributed by atoms with Crippen molar-refractivity contribution in [1.82, 2.24) is 0 Å². The van der Waals surface area contributed by atoms with E-state index in [1.165, 1.54) is 12.1 Å². The van der Waals surface area contributed by atoms with Crippen LogP contribution in [0.2, 0.25) is 5.02 Å². The Balaban J connectivity index is 2.06. The number of aliphatic hydroxyl groups is 1. The molecule has 0 bridgehead atoms. The maximum Gasteiger partial charge on any atom is 0.141 e. The number of halogens is 2. The molecule has 1 atom stereocenters. The Hall–Kier alpha value is -1.58. The van der Waals surface area contributed by atoms with Crippen LogP contribution >= 0.6 is 11.6 Å². The molecule has 1 N–H and O–H groups in total. The van der Waals surface area contributed by atoms with Gasteiger partial charge in [0, 0.05) is 6.42 Å². The minimum absolute atomic E-state index is 0.0707. The molecule has 0 saturated heterocycles. The number of aliphatic hydroxyl groups excluding tert-OH is 1. The standard InChI is InChI=1S/C16H16ClFO2/c1-2-20-13-6-4-12(5-7-13)16(19)10-11-3-8-15(18)14(17)9-11/h3-9,16,19H,2,10H2,1H3. The van der Waals surface area contributed by atoms with Crippen molar-refractivity contribution >= 4 is 11.6 Å². The first-order chi connectivity index (χ1) is 9.60. The number of benzene rings is 2. The van der Waals surface area contributed by atoms with Gasteiger partial charge in [0.2, 0.25) is 0 Å². The Labute approximate surface area is 122 Å². The van der Waals surface area contributed by atoms with Gasteiger partial charge in [-0.1, -0.05) is 29.8 Å². The molecule has 2 aromatic rings. The number of rotatable bonds is 5. The van der Waals surface area contributed by atoms with E-state index < -0.39 is 11.9 Å². The Morgan fingerprint density at radius 1 is 1.20 bits per heavy atom. The largest absolute Gasteiger partial charge is 0.494 e. The molecule has 1 unspecified atom stereocenters. The molecule has 2 nitrogen and oxygen atoms in total. The Bertz CT molecular complexity index is 569. The summed E-state index contributed by atoms with van der Waals surface area (Å²) in [5.74, 6) is 0.319. The van der Waals surface area contributed by atoms with Crippen LogP contribution in [0.4, 0.5) is 4.39 Å². The van der Waals surface area contributed by atoms with Crippen molar-refractivity contribution in [2.45, 2.75) is 19.4 Å². The second-order valence-corrected chi connectivity index (χ2v) is 4.88. The average Bonchev–Trinajstić information content (AvgIpc) is 2.44. The molecule has 4 heteroatoms. The fourth-order valence-corrected chi connectivity index (χ4v) is 2.16. The zero-order valence-electron chi connectivity index (χ0n) is 11.1. The monoisotopic (exact) mass is 294 g/mol. The van der Waals surface area contributed by atoms with E-state index in [2.05, 4.69) is 0 Å². The van der Waals surface area contributed by atoms with Gasteiger partial charge >= 0.3 is 0 Å². The molecule has 0 aliphatic carbocycles. The van der Waals surface area contributed by atoms with E-state index in [4.69, 9.17) is 16.3 Å². The Morgan fingerprint density at radius 3 is 2.50 bits per heavy atom. The lowest BCUT2D eigenvalue weighted by Gasteiger charge is -2.12. The first kappa shape index (κ1) is 14.8. The molecule has 0 spiro atoms. The Kier molecular flexibility index (Phi) is 4.99. The molecular formula is C16H16ClFO2. The highest BCUT2D eigenvalue weighted by Crippen LogP contribution is 2.23. The summed E-state index contributed by atoms with van der Waals surface area (Å²) in [7, 11) is 0. The molecule has 20 heavy (non-hydrogen) atoms. The topological polar surface area (TPSA) is 29.5 Å². The van der Waals surface area contributed by atoms with Crippen LogP contribution in [0.3, 0.4) is 0 Å². The summed E-state index contributed by atoms with van der Waals surface area (Å²) in [6.45, 7) is 2.52. The molecule has 0 aliphatic rings. The maximum absolute atomic E-state index is 13.1. The quantitative estimate of drug-likeness (QED) is 0.897. The van der Waals surface area contributed by atoms with E-state index in [0.717, 1.165) is 16.9 Å². The minimum atomic E-state index is -0.660. The van der Waals surface area contributed by atoms with Crippen molar-refractivity contribution in [3.05, 3.63) is 64.4 Å². The summed E-state index contributed by atoms with van der Waals surface area (Å²) in [6.07, 6.45) is -0.277. The van der Waals surface area contributed by atoms with Crippen molar-refractivity contribution in [1.29, 1.82) is 0 Å². The van der Waals surface area contributed by atoms with E-state index >= 15 is 0 Å².